The molecule has 1 heterocycles. The fraction of sp³-hybridized carbons (Fsp3) is 0.300. The van der Waals surface area contributed by atoms with Crippen molar-refractivity contribution in [1.82, 2.24) is 5.32 Å². The first-order valence-electron chi connectivity index (χ1n) is 16.9. The zero-order chi connectivity index (χ0) is 37.6. The molecule has 1 aliphatic rings. The molecule has 0 aliphatic heterocycles. The molecule has 0 fully saturated rings. The van der Waals surface area contributed by atoms with Gasteiger partial charge in [-0.2, -0.15) is 0 Å². The summed E-state index contributed by atoms with van der Waals surface area (Å²) in [6.07, 6.45) is 4.56. The normalized spacial score (nSPS) is 14.9. The van der Waals surface area contributed by atoms with E-state index in [1.807, 2.05) is 13.0 Å². The van der Waals surface area contributed by atoms with E-state index in [0.29, 0.717) is 44.7 Å². The summed E-state index contributed by atoms with van der Waals surface area (Å²) in [7, 11) is 1.36. The zero-order valence-electron chi connectivity index (χ0n) is 29.6. The number of thiophene rings is 1. The monoisotopic (exact) mass is 777 g/mol. The second-order valence-electron chi connectivity index (χ2n) is 13.5. The van der Waals surface area contributed by atoms with Gasteiger partial charge < -0.3 is 20.7 Å². The van der Waals surface area contributed by atoms with Crippen LogP contribution in [0.5, 0.6) is 0 Å². The average molecular weight is 779 g/mol. The molecule has 0 saturated carbocycles. The fourth-order valence-corrected chi connectivity index (χ4v) is 8.68. The number of carbonyl (C=O) groups excluding carboxylic acids is 4. The van der Waals surface area contributed by atoms with Crippen molar-refractivity contribution >= 4 is 86.8 Å². The highest BCUT2D eigenvalue weighted by Gasteiger charge is 2.35. The maximum Gasteiger partial charge on any atom is 0.341 e. The van der Waals surface area contributed by atoms with Gasteiger partial charge in [0.25, 0.3) is 11.8 Å². The van der Waals surface area contributed by atoms with E-state index in [-0.39, 0.29) is 22.0 Å². The number of hydrogen-bond donors (Lipinski definition) is 3. The number of benzene rings is 3. The number of halogens is 2. The Hall–Kier alpha value is -4.09. The number of methoxy groups -OCH3 is 1. The molecular formula is C40H41Cl2N3O5S2. The topological polar surface area (TPSA) is 114 Å². The lowest BCUT2D eigenvalue weighted by Crippen LogP contribution is -2.30. The molecule has 0 radical (unpaired) electrons. The van der Waals surface area contributed by atoms with Crippen LogP contribution in [0, 0.1) is 11.3 Å². The molecule has 1 aliphatic carbocycles. The number of carbonyl (C=O) groups is 4. The molecule has 0 bridgehead atoms. The van der Waals surface area contributed by atoms with Crippen LogP contribution in [0.3, 0.4) is 0 Å². The molecule has 12 heteroatoms. The van der Waals surface area contributed by atoms with Crippen molar-refractivity contribution in [3.63, 3.8) is 0 Å². The maximum absolute atomic E-state index is 13.7. The van der Waals surface area contributed by atoms with E-state index in [0.717, 1.165) is 34.6 Å². The van der Waals surface area contributed by atoms with Crippen molar-refractivity contribution in [2.75, 3.05) is 17.7 Å². The molecule has 3 N–H and O–H groups in total. The fourth-order valence-electron chi connectivity index (χ4n) is 5.99. The van der Waals surface area contributed by atoms with Gasteiger partial charge in [0.2, 0.25) is 5.91 Å². The smallest absolute Gasteiger partial charge is 0.341 e. The summed E-state index contributed by atoms with van der Waals surface area (Å²) in [4.78, 5) is 55.3. The Bertz CT molecular complexity index is 2010. The lowest BCUT2D eigenvalue weighted by molar-refractivity contribution is -0.116. The Kier molecular flexibility index (Phi) is 12.9. The van der Waals surface area contributed by atoms with Gasteiger partial charge in [0, 0.05) is 21.0 Å². The SMILES string of the molecule is CCC(Sc1cccc(NC(=O)/C(=C\c2cccc(Cl)c2Cl)NC(=O)c2ccccc2)c1)C(=O)Nc1sc2c(c1C(=O)OC)CCC(C(C)(C)C)C2. The predicted molar refractivity (Wildman–Crippen MR) is 213 cm³/mol. The Morgan fingerprint density at radius 1 is 1.00 bits per heavy atom. The van der Waals surface area contributed by atoms with E-state index in [9.17, 15) is 19.2 Å². The van der Waals surface area contributed by atoms with E-state index >= 15 is 0 Å². The van der Waals surface area contributed by atoms with Crippen LogP contribution in [-0.4, -0.2) is 36.1 Å². The van der Waals surface area contributed by atoms with Crippen molar-refractivity contribution in [2.45, 2.75) is 63.5 Å². The molecule has 1 aromatic heterocycles. The van der Waals surface area contributed by atoms with Crippen molar-refractivity contribution in [2.24, 2.45) is 11.3 Å². The quantitative estimate of drug-likeness (QED) is 0.0794. The van der Waals surface area contributed by atoms with Crippen molar-refractivity contribution < 1.29 is 23.9 Å². The van der Waals surface area contributed by atoms with Crippen LogP contribution in [0.2, 0.25) is 10.0 Å². The van der Waals surface area contributed by atoms with Crippen LogP contribution in [0.1, 0.15) is 77.3 Å². The molecule has 8 nitrogen and oxygen atoms in total. The van der Waals surface area contributed by atoms with Gasteiger partial charge in [-0.05, 0) is 90.6 Å². The first-order chi connectivity index (χ1) is 24.8. The van der Waals surface area contributed by atoms with Crippen LogP contribution < -0.4 is 16.0 Å². The van der Waals surface area contributed by atoms with Gasteiger partial charge in [0.05, 0.1) is 28.0 Å². The highest BCUT2D eigenvalue weighted by Crippen LogP contribution is 2.45. The summed E-state index contributed by atoms with van der Waals surface area (Å²) in [5.41, 5.74) is 2.79. The molecule has 0 spiro atoms. The van der Waals surface area contributed by atoms with Gasteiger partial charge in [-0.3, -0.25) is 14.4 Å². The number of thioether (sulfide) groups is 1. The van der Waals surface area contributed by atoms with Crippen LogP contribution in [0.25, 0.3) is 6.08 Å². The molecule has 4 aromatic rings. The maximum atomic E-state index is 13.7. The van der Waals surface area contributed by atoms with E-state index < -0.39 is 23.0 Å². The Morgan fingerprint density at radius 2 is 1.73 bits per heavy atom. The highest BCUT2D eigenvalue weighted by molar-refractivity contribution is 8.00. The molecule has 52 heavy (non-hydrogen) atoms. The summed E-state index contributed by atoms with van der Waals surface area (Å²) in [5, 5.41) is 9.18. The predicted octanol–water partition coefficient (Wildman–Crippen LogP) is 9.91. The van der Waals surface area contributed by atoms with Crippen molar-refractivity contribution in [1.29, 1.82) is 0 Å². The Balaban J connectivity index is 1.33. The third kappa shape index (κ3) is 9.46. The minimum atomic E-state index is -0.585. The third-order valence-electron chi connectivity index (χ3n) is 8.96. The number of fused-ring (bicyclic) bond motifs is 1. The molecule has 5 rings (SSSR count). The summed E-state index contributed by atoms with van der Waals surface area (Å²) in [5.74, 6) is -1.27. The summed E-state index contributed by atoms with van der Waals surface area (Å²) < 4.78 is 5.15. The number of ether oxygens (including phenoxy) is 1. The molecule has 3 amide bonds. The number of anilines is 2. The molecular weight excluding hydrogens is 737 g/mol. The highest BCUT2D eigenvalue weighted by atomic mass is 35.5. The molecule has 3 aromatic carbocycles. The second-order valence-corrected chi connectivity index (χ2v) is 16.7. The summed E-state index contributed by atoms with van der Waals surface area (Å²) in [6, 6.07) is 20.7. The standard InChI is InChI=1S/C40H41Cl2N3O5S2/c1-6-31(37(48)45-38-33(39(49)50-5)28-19-18-25(40(2,3)4)21-32(28)52-38)51-27-16-11-15-26(22-27)43-36(47)30(20-24-14-10-17-29(41)34(24)42)44-35(46)23-12-8-7-9-13-23/h7-17,20,22,25,31H,6,18-19,21H2,1-5H3,(H,43,47)(H,44,46)(H,45,48)/b30-20+. The van der Waals surface area contributed by atoms with E-state index in [1.54, 1.807) is 66.7 Å². The van der Waals surface area contributed by atoms with E-state index in [4.69, 9.17) is 27.9 Å². The van der Waals surface area contributed by atoms with Gasteiger partial charge in [0.15, 0.2) is 0 Å². The second kappa shape index (κ2) is 17.2. The molecule has 272 valence electrons. The van der Waals surface area contributed by atoms with Gasteiger partial charge in [-0.15, -0.1) is 23.1 Å². The van der Waals surface area contributed by atoms with Crippen LogP contribution in [-0.2, 0) is 27.2 Å². The average Bonchev–Trinajstić information content (AvgIpc) is 3.48. The number of amides is 3. The molecule has 0 saturated heterocycles. The minimum absolute atomic E-state index is 0.0456. The molecule has 2 unspecified atom stereocenters. The van der Waals surface area contributed by atoms with E-state index in [2.05, 4.69) is 36.7 Å². The van der Waals surface area contributed by atoms with Crippen LogP contribution in [0.4, 0.5) is 10.7 Å². The lowest BCUT2D eigenvalue weighted by Gasteiger charge is -2.33. The van der Waals surface area contributed by atoms with Crippen molar-refractivity contribution in [3.05, 3.63) is 116 Å². The first kappa shape index (κ1) is 39.1. The number of rotatable bonds is 11. The van der Waals surface area contributed by atoms with E-state index in [1.165, 1.54) is 36.3 Å². The number of esters is 1. The minimum Gasteiger partial charge on any atom is -0.465 e. The Labute approximate surface area is 322 Å². The largest absolute Gasteiger partial charge is 0.465 e. The zero-order valence-corrected chi connectivity index (χ0v) is 32.7. The van der Waals surface area contributed by atoms with Gasteiger partial charge in [-0.1, -0.05) is 87.3 Å². The van der Waals surface area contributed by atoms with Crippen molar-refractivity contribution in [3.8, 4) is 0 Å². The summed E-state index contributed by atoms with van der Waals surface area (Å²) in [6.45, 7) is 8.63. The van der Waals surface area contributed by atoms with Crippen LogP contribution in [0.15, 0.2) is 83.4 Å². The third-order valence-corrected chi connectivity index (χ3v) is 12.3. The first-order valence-corrected chi connectivity index (χ1v) is 19.4. The van der Waals surface area contributed by atoms with Gasteiger partial charge >= 0.3 is 5.97 Å². The number of hydrogen-bond acceptors (Lipinski definition) is 7. The molecule has 2 atom stereocenters. The Morgan fingerprint density at radius 3 is 2.42 bits per heavy atom. The van der Waals surface area contributed by atoms with Gasteiger partial charge in [0.1, 0.15) is 10.7 Å². The number of nitrogens with one attached hydrogen (secondary N) is 3. The summed E-state index contributed by atoms with van der Waals surface area (Å²) >= 11 is 15.4. The van der Waals surface area contributed by atoms with Gasteiger partial charge in [-0.25, -0.2) is 4.79 Å². The lowest BCUT2D eigenvalue weighted by atomic mass is 9.72. The van der Waals surface area contributed by atoms with Crippen LogP contribution >= 0.6 is 46.3 Å².